The van der Waals surface area contributed by atoms with E-state index in [9.17, 15) is 0 Å². The zero-order valence-corrected chi connectivity index (χ0v) is 21.3. The van der Waals surface area contributed by atoms with Crippen LogP contribution in [0.5, 0.6) is 0 Å². The van der Waals surface area contributed by atoms with E-state index in [1.807, 2.05) is 18.2 Å². The molecule has 176 valence electrons. The number of aliphatic imine (C=N–C) groups is 1. The zero-order chi connectivity index (χ0) is 21.6. The largest absolute Gasteiger partial charge is 0.381 e. The summed E-state index contributed by atoms with van der Waals surface area (Å²) in [5, 5.41) is 6.75. The molecular formula is C25H36IN3O3. The molecule has 6 nitrogen and oxygen atoms in total. The number of ether oxygens (including phenoxy) is 3. The first-order valence-electron chi connectivity index (χ1n) is 11.1. The lowest BCUT2D eigenvalue weighted by atomic mass is 10.1. The van der Waals surface area contributed by atoms with Gasteiger partial charge in [0.15, 0.2) is 5.96 Å². The van der Waals surface area contributed by atoms with Crippen molar-refractivity contribution in [3.63, 3.8) is 0 Å². The molecule has 1 aliphatic heterocycles. The fourth-order valence-corrected chi connectivity index (χ4v) is 3.47. The van der Waals surface area contributed by atoms with Gasteiger partial charge in [-0.1, -0.05) is 54.6 Å². The van der Waals surface area contributed by atoms with Crippen molar-refractivity contribution in [2.75, 3.05) is 40.0 Å². The Morgan fingerprint density at radius 2 is 1.78 bits per heavy atom. The summed E-state index contributed by atoms with van der Waals surface area (Å²) >= 11 is 0. The molecule has 0 aliphatic carbocycles. The fourth-order valence-electron chi connectivity index (χ4n) is 3.47. The van der Waals surface area contributed by atoms with Crippen LogP contribution in [-0.2, 0) is 34.0 Å². The maximum absolute atomic E-state index is 5.92. The van der Waals surface area contributed by atoms with Gasteiger partial charge in [0.1, 0.15) is 0 Å². The van der Waals surface area contributed by atoms with E-state index in [1.54, 1.807) is 7.05 Å². The first kappa shape index (κ1) is 26.6. The van der Waals surface area contributed by atoms with Crippen molar-refractivity contribution in [3.8, 4) is 0 Å². The van der Waals surface area contributed by atoms with Gasteiger partial charge < -0.3 is 24.8 Å². The molecule has 2 aromatic carbocycles. The summed E-state index contributed by atoms with van der Waals surface area (Å²) in [6, 6.07) is 18.6. The van der Waals surface area contributed by atoms with E-state index in [1.165, 1.54) is 16.7 Å². The molecule has 1 atom stereocenters. The molecule has 0 bridgehead atoms. The van der Waals surface area contributed by atoms with Crippen LogP contribution < -0.4 is 10.6 Å². The fraction of sp³-hybridized carbons (Fsp3) is 0.480. The quantitative estimate of drug-likeness (QED) is 0.179. The van der Waals surface area contributed by atoms with Gasteiger partial charge >= 0.3 is 0 Å². The predicted octanol–water partition coefficient (Wildman–Crippen LogP) is 4.13. The second-order valence-corrected chi connectivity index (χ2v) is 7.76. The molecule has 2 N–H and O–H groups in total. The number of halogens is 1. The third-order valence-corrected chi connectivity index (χ3v) is 5.29. The summed E-state index contributed by atoms with van der Waals surface area (Å²) in [5.41, 5.74) is 3.58. The lowest BCUT2D eigenvalue weighted by Crippen LogP contribution is -2.37. The second-order valence-electron chi connectivity index (χ2n) is 7.76. The molecule has 1 aliphatic rings. The summed E-state index contributed by atoms with van der Waals surface area (Å²) in [5.74, 6) is 1.36. The minimum atomic E-state index is 0. The van der Waals surface area contributed by atoms with Gasteiger partial charge in [0.05, 0.1) is 26.4 Å². The highest BCUT2D eigenvalue weighted by Gasteiger charge is 2.15. The number of benzene rings is 2. The van der Waals surface area contributed by atoms with Crippen molar-refractivity contribution in [1.82, 2.24) is 10.6 Å². The van der Waals surface area contributed by atoms with E-state index in [2.05, 4.69) is 52.0 Å². The lowest BCUT2D eigenvalue weighted by molar-refractivity contribution is 0.0888. The Morgan fingerprint density at radius 3 is 2.53 bits per heavy atom. The van der Waals surface area contributed by atoms with Crippen LogP contribution in [0.4, 0.5) is 0 Å². The highest BCUT2D eigenvalue weighted by Crippen LogP contribution is 2.13. The van der Waals surface area contributed by atoms with Crippen LogP contribution in [0, 0.1) is 5.92 Å². The Morgan fingerprint density at radius 1 is 1.00 bits per heavy atom. The summed E-state index contributed by atoms with van der Waals surface area (Å²) in [4.78, 5) is 4.32. The Kier molecular flexibility index (Phi) is 13.3. The summed E-state index contributed by atoms with van der Waals surface area (Å²) in [7, 11) is 1.79. The van der Waals surface area contributed by atoms with Gasteiger partial charge in [-0.05, 0) is 29.5 Å². The first-order chi connectivity index (χ1) is 15.3. The third kappa shape index (κ3) is 9.85. The monoisotopic (exact) mass is 553 g/mol. The minimum Gasteiger partial charge on any atom is -0.381 e. The van der Waals surface area contributed by atoms with Crippen molar-refractivity contribution < 1.29 is 14.2 Å². The standard InChI is InChI=1S/C25H35N3O3.HI/c1-26-25(27-13-7-14-29-18-22-12-15-30-19-22)28-16-23-10-5-6-11-24(23)20-31-17-21-8-3-2-4-9-21;/h2-6,8-11,22H,7,12-20H2,1H3,(H2,26,27,28);1H. The van der Waals surface area contributed by atoms with E-state index < -0.39 is 0 Å². The SMILES string of the molecule is CN=C(NCCCOCC1CCOC1)NCc1ccccc1COCc1ccccc1.I. The number of nitrogens with zero attached hydrogens (tertiary/aromatic N) is 1. The zero-order valence-electron chi connectivity index (χ0n) is 18.9. The number of guanidine groups is 1. The number of rotatable bonds is 12. The molecular weight excluding hydrogens is 517 g/mol. The van der Waals surface area contributed by atoms with Crippen molar-refractivity contribution >= 4 is 29.9 Å². The Hall–Kier alpha value is -1.68. The highest BCUT2D eigenvalue weighted by atomic mass is 127. The molecule has 1 unspecified atom stereocenters. The molecule has 0 aromatic heterocycles. The van der Waals surface area contributed by atoms with Gasteiger partial charge in [-0.3, -0.25) is 4.99 Å². The molecule has 1 saturated heterocycles. The lowest BCUT2D eigenvalue weighted by Gasteiger charge is -2.15. The molecule has 0 spiro atoms. The van der Waals surface area contributed by atoms with Crippen LogP contribution in [-0.4, -0.2) is 46.0 Å². The third-order valence-electron chi connectivity index (χ3n) is 5.29. The van der Waals surface area contributed by atoms with Crippen LogP contribution in [0.3, 0.4) is 0 Å². The van der Waals surface area contributed by atoms with Crippen LogP contribution in [0.15, 0.2) is 59.6 Å². The first-order valence-corrected chi connectivity index (χ1v) is 11.1. The van der Waals surface area contributed by atoms with Gasteiger partial charge in [0, 0.05) is 39.3 Å². The topological polar surface area (TPSA) is 64.1 Å². The van der Waals surface area contributed by atoms with E-state index in [0.29, 0.717) is 25.7 Å². The number of hydrogen-bond donors (Lipinski definition) is 2. The molecule has 3 rings (SSSR count). The molecule has 7 heteroatoms. The summed E-state index contributed by atoms with van der Waals surface area (Å²) in [6.07, 6.45) is 2.06. The summed E-state index contributed by atoms with van der Waals surface area (Å²) in [6.45, 7) is 5.99. The normalized spacial score (nSPS) is 15.9. The predicted molar refractivity (Wildman–Crippen MR) is 139 cm³/mol. The van der Waals surface area contributed by atoms with Gasteiger partial charge in [0.25, 0.3) is 0 Å². The highest BCUT2D eigenvalue weighted by molar-refractivity contribution is 14.0. The van der Waals surface area contributed by atoms with Crippen LogP contribution >= 0.6 is 24.0 Å². The maximum atomic E-state index is 5.92. The van der Waals surface area contributed by atoms with Crippen LogP contribution in [0.25, 0.3) is 0 Å². The molecule has 1 heterocycles. The Bertz CT molecular complexity index is 783. The van der Waals surface area contributed by atoms with Crippen molar-refractivity contribution in [2.24, 2.45) is 10.9 Å². The van der Waals surface area contributed by atoms with Gasteiger partial charge in [-0.15, -0.1) is 24.0 Å². The Balaban J connectivity index is 0.00000363. The minimum absolute atomic E-state index is 0. The molecule has 0 radical (unpaired) electrons. The number of nitrogens with one attached hydrogen (secondary N) is 2. The average Bonchev–Trinajstić information content (AvgIpc) is 3.33. The smallest absolute Gasteiger partial charge is 0.191 e. The molecule has 0 saturated carbocycles. The molecule has 2 aromatic rings. The van der Waals surface area contributed by atoms with E-state index >= 15 is 0 Å². The second kappa shape index (κ2) is 16.0. The average molecular weight is 553 g/mol. The van der Waals surface area contributed by atoms with Crippen molar-refractivity contribution in [1.29, 1.82) is 0 Å². The van der Waals surface area contributed by atoms with Gasteiger partial charge in [-0.2, -0.15) is 0 Å². The molecule has 32 heavy (non-hydrogen) atoms. The molecule has 0 amide bonds. The van der Waals surface area contributed by atoms with Crippen molar-refractivity contribution in [3.05, 3.63) is 71.3 Å². The van der Waals surface area contributed by atoms with Gasteiger partial charge in [-0.25, -0.2) is 0 Å². The molecule has 1 fully saturated rings. The van der Waals surface area contributed by atoms with E-state index in [4.69, 9.17) is 14.2 Å². The maximum Gasteiger partial charge on any atom is 0.191 e. The summed E-state index contributed by atoms with van der Waals surface area (Å²) < 4.78 is 17.0. The van der Waals surface area contributed by atoms with E-state index in [-0.39, 0.29) is 24.0 Å². The van der Waals surface area contributed by atoms with E-state index in [0.717, 1.165) is 51.8 Å². The number of hydrogen-bond acceptors (Lipinski definition) is 4. The van der Waals surface area contributed by atoms with Crippen LogP contribution in [0.2, 0.25) is 0 Å². The van der Waals surface area contributed by atoms with Crippen LogP contribution in [0.1, 0.15) is 29.5 Å². The van der Waals surface area contributed by atoms with Crippen molar-refractivity contribution in [2.45, 2.75) is 32.6 Å². The van der Waals surface area contributed by atoms with Gasteiger partial charge in [0.2, 0.25) is 0 Å². The Labute approximate surface area is 209 Å².